The number of ether oxygens (including phenoxy) is 1. The van der Waals surface area contributed by atoms with Crippen molar-refractivity contribution in [3.63, 3.8) is 0 Å². The van der Waals surface area contributed by atoms with E-state index in [2.05, 4.69) is 0 Å². The number of hydrogen-bond donors (Lipinski definition) is 0. The summed E-state index contributed by atoms with van der Waals surface area (Å²) in [6.07, 6.45) is 0. The fraction of sp³-hybridized carbons (Fsp3) is 0.130. The molecule has 4 rings (SSSR count). The van der Waals surface area contributed by atoms with E-state index in [4.69, 9.17) is 16.3 Å². The van der Waals surface area contributed by atoms with E-state index in [1.165, 1.54) is 34.4 Å². The Bertz CT molecular complexity index is 1230. The van der Waals surface area contributed by atoms with Crippen LogP contribution in [0.25, 0.3) is 0 Å². The van der Waals surface area contributed by atoms with E-state index < -0.39 is 24.3 Å². The van der Waals surface area contributed by atoms with Crippen LogP contribution in [-0.2, 0) is 16.1 Å². The van der Waals surface area contributed by atoms with Gasteiger partial charge in [0, 0.05) is 34.2 Å². The van der Waals surface area contributed by atoms with Crippen molar-refractivity contribution in [1.82, 2.24) is 4.90 Å². The van der Waals surface area contributed by atoms with Crippen molar-refractivity contribution in [2.45, 2.75) is 6.54 Å². The molecule has 1 amide bonds. The molecule has 0 N–H and O–H groups in total. The van der Waals surface area contributed by atoms with Crippen LogP contribution in [0, 0.1) is 0 Å². The number of hydrogen-bond acceptors (Lipinski definition) is 6. The summed E-state index contributed by atoms with van der Waals surface area (Å²) < 4.78 is 5.80. The van der Waals surface area contributed by atoms with Gasteiger partial charge in [0.1, 0.15) is 0 Å². The molecular weight excluding hydrogens is 438 g/mol. The summed E-state index contributed by atoms with van der Waals surface area (Å²) in [5.41, 5.74) is 0.661. The van der Waals surface area contributed by atoms with Crippen molar-refractivity contribution in [2.75, 3.05) is 13.7 Å². The van der Waals surface area contributed by atoms with Gasteiger partial charge in [-0.05, 0) is 18.2 Å². The minimum absolute atomic E-state index is 0.00484. The molecule has 6 nitrogen and oxygen atoms in total. The molecule has 31 heavy (non-hydrogen) atoms. The molecule has 2 aromatic carbocycles. The highest BCUT2D eigenvalue weighted by Gasteiger charge is 2.33. The van der Waals surface area contributed by atoms with Gasteiger partial charge in [-0.1, -0.05) is 48.0 Å². The van der Waals surface area contributed by atoms with E-state index in [1.807, 2.05) is 6.07 Å². The maximum Gasteiger partial charge on any atom is 0.339 e. The average molecular weight is 454 g/mol. The van der Waals surface area contributed by atoms with E-state index in [0.717, 1.165) is 4.88 Å². The summed E-state index contributed by atoms with van der Waals surface area (Å²) in [7, 11) is 1.59. The molecule has 8 heteroatoms. The number of amides is 1. The van der Waals surface area contributed by atoms with Gasteiger partial charge in [0.2, 0.25) is 0 Å². The van der Waals surface area contributed by atoms with Crippen LogP contribution in [0.1, 0.15) is 47.1 Å². The molecule has 1 aromatic heterocycles. The first-order chi connectivity index (χ1) is 14.9. The number of likely N-dealkylation sites (N-methyl/N-ethyl adjacent to an activating group) is 1. The normalized spacial score (nSPS) is 12.2. The largest absolute Gasteiger partial charge is 0.452 e. The summed E-state index contributed by atoms with van der Waals surface area (Å²) in [6.45, 7) is -0.158. The average Bonchev–Trinajstić information content (AvgIpc) is 3.19. The van der Waals surface area contributed by atoms with Gasteiger partial charge in [0.05, 0.1) is 16.4 Å². The summed E-state index contributed by atoms with van der Waals surface area (Å²) >= 11 is 7.26. The lowest BCUT2D eigenvalue weighted by atomic mass is 9.82. The second kappa shape index (κ2) is 8.45. The Hall–Kier alpha value is -3.29. The predicted molar refractivity (Wildman–Crippen MR) is 116 cm³/mol. The number of rotatable bonds is 5. The Balaban J connectivity index is 1.50. The second-order valence-corrected chi connectivity index (χ2v) is 8.76. The molecule has 0 unspecified atom stereocenters. The summed E-state index contributed by atoms with van der Waals surface area (Å²) in [5.74, 6) is -1.99. The lowest BCUT2D eigenvalue weighted by Crippen LogP contribution is -2.31. The molecule has 0 atom stereocenters. The smallest absolute Gasteiger partial charge is 0.339 e. The van der Waals surface area contributed by atoms with Crippen molar-refractivity contribution in [3.8, 4) is 0 Å². The summed E-state index contributed by atoms with van der Waals surface area (Å²) in [5, 5.41) is 0. The summed E-state index contributed by atoms with van der Waals surface area (Å²) in [4.78, 5) is 53.1. The van der Waals surface area contributed by atoms with Crippen LogP contribution in [0.5, 0.6) is 0 Å². The number of carbonyl (C=O) groups excluding carboxylic acids is 4. The van der Waals surface area contributed by atoms with E-state index in [9.17, 15) is 19.2 Å². The maximum atomic E-state index is 13.0. The highest BCUT2D eigenvalue weighted by Crippen LogP contribution is 2.30. The number of thiophene rings is 1. The van der Waals surface area contributed by atoms with Gasteiger partial charge in [0.25, 0.3) is 5.91 Å². The lowest BCUT2D eigenvalue weighted by molar-refractivity contribution is -0.133. The Labute approximate surface area is 187 Å². The first-order valence-corrected chi connectivity index (χ1v) is 10.5. The van der Waals surface area contributed by atoms with Gasteiger partial charge in [0.15, 0.2) is 18.2 Å². The fourth-order valence-electron chi connectivity index (χ4n) is 3.39. The van der Waals surface area contributed by atoms with Crippen molar-refractivity contribution in [1.29, 1.82) is 0 Å². The monoisotopic (exact) mass is 453 g/mol. The SMILES string of the molecule is CN(Cc1ccc(Cl)s1)C(=O)COC(=O)c1cccc2c1C(=O)c1ccccc1C2=O. The molecule has 0 spiro atoms. The number of benzene rings is 2. The molecule has 156 valence electrons. The molecule has 0 saturated carbocycles. The third kappa shape index (κ3) is 4.02. The van der Waals surface area contributed by atoms with Crippen LogP contribution in [-0.4, -0.2) is 42.0 Å². The zero-order chi connectivity index (χ0) is 22.1. The molecule has 0 saturated heterocycles. The molecule has 1 aliphatic rings. The standard InChI is InChI=1S/C23H16ClNO5S/c1-25(11-13-9-10-18(24)31-13)19(26)12-30-23(29)17-8-4-7-16-20(17)22(28)15-6-3-2-5-14(15)21(16)27/h2-10H,11-12H2,1H3. The highest BCUT2D eigenvalue weighted by molar-refractivity contribution is 7.16. The minimum atomic E-state index is -0.835. The maximum absolute atomic E-state index is 13.0. The summed E-state index contributed by atoms with van der Waals surface area (Å²) in [6, 6.07) is 14.5. The van der Waals surface area contributed by atoms with Crippen molar-refractivity contribution < 1.29 is 23.9 Å². The number of esters is 1. The number of nitrogens with zero attached hydrogens (tertiary/aromatic N) is 1. The number of ketones is 2. The van der Waals surface area contributed by atoms with Crippen molar-refractivity contribution >= 4 is 46.4 Å². The number of halogens is 1. The fourth-order valence-corrected chi connectivity index (χ4v) is 4.53. The van der Waals surface area contributed by atoms with Crippen LogP contribution in [0.4, 0.5) is 0 Å². The third-order valence-corrected chi connectivity index (χ3v) is 6.16. The first-order valence-electron chi connectivity index (χ1n) is 9.33. The lowest BCUT2D eigenvalue weighted by Gasteiger charge is -2.20. The van der Waals surface area contributed by atoms with Gasteiger partial charge in [-0.2, -0.15) is 0 Å². The van der Waals surface area contributed by atoms with Crippen LogP contribution in [0.3, 0.4) is 0 Å². The van der Waals surface area contributed by atoms with Crippen molar-refractivity contribution in [2.24, 2.45) is 0 Å². The molecule has 1 heterocycles. The van der Waals surface area contributed by atoms with Gasteiger partial charge < -0.3 is 9.64 Å². The topological polar surface area (TPSA) is 80.8 Å². The van der Waals surface area contributed by atoms with Gasteiger partial charge in [-0.3, -0.25) is 14.4 Å². The number of fused-ring (bicyclic) bond motifs is 2. The van der Waals surface area contributed by atoms with Crippen LogP contribution in [0.2, 0.25) is 4.34 Å². The molecule has 3 aromatic rings. The van der Waals surface area contributed by atoms with Gasteiger partial charge >= 0.3 is 5.97 Å². The quantitative estimate of drug-likeness (QED) is 0.427. The van der Waals surface area contributed by atoms with Gasteiger partial charge in [-0.15, -0.1) is 11.3 Å². The van der Waals surface area contributed by atoms with Crippen LogP contribution in [0.15, 0.2) is 54.6 Å². The number of carbonyl (C=O) groups is 4. The highest BCUT2D eigenvalue weighted by atomic mass is 35.5. The molecular formula is C23H16ClNO5S. The molecule has 0 aliphatic heterocycles. The van der Waals surface area contributed by atoms with Crippen LogP contribution < -0.4 is 0 Å². The molecule has 0 radical (unpaired) electrons. The Morgan fingerprint density at radius 3 is 2.29 bits per heavy atom. The third-order valence-electron chi connectivity index (χ3n) is 4.95. The molecule has 1 aliphatic carbocycles. The van der Waals surface area contributed by atoms with Crippen molar-refractivity contribution in [3.05, 3.63) is 91.6 Å². The van der Waals surface area contributed by atoms with Gasteiger partial charge in [-0.25, -0.2) is 4.79 Å². The molecule has 0 fully saturated rings. The van der Waals surface area contributed by atoms with E-state index >= 15 is 0 Å². The van der Waals surface area contributed by atoms with E-state index in [-0.39, 0.29) is 28.0 Å². The van der Waals surface area contributed by atoms with E-state index in [1.54, 1.807) is 37.4 Å². The Morgan fingerprint density at radius 1 is 0.935 bits per heavy atom. The molecule has 0 bridgehead atoms. The Morgan fingerprint density at radius 2 is 1.61 bits per heavy atom. The Kier molecular flexibility index (Phi) is 5.71. The minimum Gasteiger partial charge on any atom is -0.452 e. The van der Waals surface area contributed by atoms with E-state index in [0.29, 0.717) is 16.4 Å². The zero-order valence-corrected chi connectivity index (χ0v) is 18.0. The predicted octanol–water partition coefficient (Wildman–Crippen LogP) is 3.99. The second-order valence-electron chi connectivity index (χ2n) is 6.96. The zero-order valence-electron chi connectivity index (χ0n) is 16.4. The van der Waals surface area contributed by atoms with Crippen LogP contribution >= 0.6 is 22.9 Å². The first kappa shape index (κ1) is 21.0.